The molecule has 0 fully saturated rings. The summed E-state index contributed by atoms with van der Waals surface area (Å²) in [5, 5.41) is 0. The van der Waals surface area contributed by atoms with Gasteiger partial charge in [-0.1, -0.05) is 6.07 Å². The van der Waals surface area contributed by atoms with Gasteiger partial charge in [0.15, 0.2) is 11.5 Å². The molecule has 1 aliphatic rings. The Labute approximate surface area is 93.3 Å². The molecule has 1 N–H and O–H groups in total. The predicted octanol–water partition coefficient (Wildman–Crippen LogP) is 1.03. The minimum atomic E-state index is -0.180. The molecule has 0 unspecified atom stereocenters. The van der Waals surface area contributed by atoms with Crippen molar-refractivity contribution in [2.45, 2.75) is 13.3 Å². The number of hydrogen-bond acceptors (Lipinski definition) is 4. The first-order chi connectivity index (χ1) is 7.79. The average molecular weight is 223 g/mol. The zero-order valence-corrected chi connectivity index (χ0v) is 8.99. The molecule has 0 aliphatic carbocycles. The molecule has 1 heterocycles. The Morgan fingerprint density at radius 3 is 3.06 bits per heavy atom. The van der Waals surface area contributed by atoms with Crippen LogP contribution in [0.1, 0.15) is 12.5 Å². The fourth-order valence-corrected chi connectivity index (χ4v) is 1.43. The third-order valence-corrected chi connectivity index (χ3v) is 2.13. The van der Waals surface area contributed by atoms with Crippen LogP contribution in [-0.2, 0) is 16.1 Å². The van der Waals surface area contributed by atoms with E-state index in [2.05, 4.69) is 5.48 Å². The van der Waals surface area contributed by atoms with Gasteiger partial charge in [0.05, 0.1) is 13.0 Å². The topological polar surface area (TPSA) is 56.8 Å². The molecule has 16 heavy (non-hydrogen) atoms. The molecule has 0 atom stereocenters. The van der Waals surface area contributed by atoms with Gasteiger partial charge in [-0.15, -0.1) is 0 Å². The summed E-state index contributed by atoms with van der Waals surface area (Å²) >= 11 is 0. The maximum absolute atomic E-state index is 11.4. The first kappa shape index (κ1) is 10.8. The molecule has 0 saturated heterocycles. The van der Waals surface area contributed by atoms with E-state index in [1.165, 1.54) is 0 Å². The molecule has 1 aromatic rings. The van der Waals surface area contributed by atoms with Gasteiger partial charge in [0.25, 0.3) is 0 Å². The number of ether oxygens (including phenoxy) is 2. The fraction of sp³-hybridized carbons (Fsp3) is 0.364. The molecule has 0 aromatic heterocycles. The van der Waals surface area contributed by atoms with E-state index in [4.69, 9.17) is 14.3 Å². The highest BCUT2D eigenvalue weighted by molar-refractivity contribution is 5.77. The van der Waals surface area contributed by atoms with Gasteiger partial charge in [-0.2, -0.15) is 0 Å². The van der Waals surface area contributed by atoms with Crippen LogP contribution in [0.4, 0.5) is 0 Å². The van der Waals surface area contributed by atoms with E-state index in [0.29, 0.717) is 18.1 Å². The Morgan fingerprint density at radius 1 is 1.44 bits per heavy atom. The number of carbonyl (C=O) groups is 1. The van der Waals surface area contributed by atoms with E-state index < -0.39 is 0 Å². The zero-order chi connectivity index (χ0) is 11.4. The Balaban J connectivity index is 1.97. The first-order valence-corrected chi connectivity index (χ1v) is 5.08. The summed E-state index contributed by atoms with van der Waals surface area (Å²) in [5.41, 5.74) is 3.20. The van der Waals surface area contributed by atoms with Gasteiger partial charge in [-0.3, -0.25) is 9.63 Å². The first-order valence-electron chi connectivity index (χ1n) is 5.08. The molecule has 0 spiro atoms. The van der Waals surface area contributed by atoms with Crippen molar-refractivity contribution in [1.29, 1.82) is 0 Å². The number of benzene rings is 1. The minimum absolute atomic E-state index is 0.180. The van der Waals surface area contributed by atoms with Crippen molar-refractivity contribution in [2.75, 3.05) is 13.4 Å². The lowest BCUT2D eigenvalue weighted by Crippen LogP contribution is -2.25. The van der Waals surface area contributed by atoms with Gasteiger partial charge in [-0.05, 0) is 24.6 Å². The van der Waals surface area contributed by atoms with Gasteiger partial charge in [0.2, 0.25) is 12.7 Å². The van der Waals surface area contributed by atoms with Crippen LogP contribution in [0.15, 0.2) is 18.2 Å². The van der Waals surface area contributed by atoms with E-state index in [-0.39, 0.29) is 19.1 Å². The number of hydrogen-bond donors (Lipinski definition) is 1. The molecule has 0 bridgehead atoms. The molecule has 1 aliphatic heterocycles. The van der Waals surface area contributed by atoms with Crippen LogP contribution in [0.3, 0.4) is 0 Å². The van der Waals surface area contributed by atoms with Crippen LogP contribution >= 0.6 is 0 Å². The summed E-state index contributed by atoms with van der Waals surface area (Å²) in [7, 11) is 0. The van der Waals surface area contributed by atoms with Crippen molar-refractivity contribution in [3.8, 4) is 11.5 Å². The lowest BCUT2D eigenvalue weighted by atomic mass is 10.1. The largest absolute Gasteiger partial charge is 0.454 e. The third-order valence-electron chi connectivity index (χ3n) is 2.13. The van der Waals surface area contributed by atoms with Crippen molar-refractivity contribution in [3.63, 3.8) is 0 Å². The quantitative estimate of drug-likeness (QED) is 0.774. The molecule has 0 radical (unpaired) electrons. The summed E-state index contributed by atoms with van der Waals surface area (Å²) in [4.78, 5) is 16.2. The Hall–Kier alpha value is -1.75. The van der Waals surface area contributed by atoms with E-state index in [0.717, 1.165) is 5.56 Å². The molecule has 1 aromatic carbocycles. The molecule has 0 saturated carbocycles. The van der Waals surface area contributed by atoms with Gasteiger partial charge in [-0.25, -0.2) is 5.48 Å². The average Bonchev–Trinajstić information content (AvgIpc) is 2.73. The number of rotatable bonds is 4. The molecule has 1 amide bonds. The molecular formula is C11H13NO4. The second-order valence-electron chi connectivity index (χ2n) is 3.32. The van der Waals surface area contributed by atoms with Gasteiger partial charge in [0.1, 0.15) is 0 Å². The summed E-state index contributed by atoms with van der Waals surface area (Å²) in [6.45, 7) is 2.50. The standard InChI is InChI=1S/C11H13NO4/c1-2-16-12-11(13)6-8-3-4-9-10(5-8)15-7-14-9/h3-5H,2,6-7H2,1H3,(H,12,13). The molecule has 5 nitrogen and oxygen atoms in total. The zero-order valence-electron chi connectivity index (χ0n) is 8.99. The molecular weight excluding hydrogens is 210 g/mol. The lowest BCUT2D eigenvalue weighted by molar-refractivity contribution is -0.132. The van der Waals surface area contributed by atoms with Gasteiger partial charge < -0.3 is 9.47 Å². The number of carbonyl (C=O) groups excluding carboxylic acids is 1. The maximum atomic E-state index is 11.4. The maximum Gasteiger partial charge on any atom is 0.247 e. The van der Waals surface area contributed by atoms with Crippen molar-refractivity contribution in [1.82, 2.24) is 5.48 Å². The van der Waals surface area contributed by atoms with Crippen LogP contribution < -0.4 is 15.0 Å². The van der Waals surface area contributed by atoms with Crippen molar-refractivity contribution in [3.05, 3.63) is 23.8 Å². The highest BCUT2D eigenvalue weighted by Crippen LogP contribution is 2.32. The van der Waals surface area contributed by atoms with Crippen molar-refractivity contribution >= 4 is 5.91 Å². The van der Waals surface area contributed by atoms with E-state index >= 15 is 0 Å². The molecule has 86 valence electrons. The number of amides is 1. The summed E-state index contributed by atoms with van der Waals surface area (Å²) in [5.74, 6) is 1.22. The smallest absolute Gasteiger partial charge is 0.247 e. The SMILES string of the molecule is CCONC(=O)Cc1ccc2c(c1)OCO2. The Morgan fingerprint density at radius 2 is 2.25 bits per heavy atom. The summed E-state index contributed by atoms with van der Waals surface area (Å²) in [6.07, 6.45) is 0.261. The minimum Gasteiger partial charge on any atom is -0.454 e. The third kappa shape index (κ3) is 2.43. The summed E-state index contributed by atoms with van der Waals surface area (Å²) in [6, 6.07) is 5.43. The normalized spacial score (nSPS) is 12.6. The number of hydroxylamine groups is 1. The van der Waals surface area contributed by atoms with E-state index in [1.807, 2.05) is 6.07 Å². The lowest BCUT2D eigenvalue weighted by Gasteiger charge is -2.04. The highest BCUT2D eigenvalue weighted by Gasteiger charge is 2.14. The molecule has 2 rings (SSSR count). The van der Waals surface area contributed by atoms with Crippen LogP contribution in [0.5, 0.6) is 11.5 Å². The monoisotopic (exact) mass is 223 g/mol. The Bertz CT molecular complexity index is 392. The second kappa shape index (κ2) is 4.85. The number of nitrogens with one attached hydrogen (secondary N) is 1. The van der Waals surface area contributed by atoms with Crippen molar-refractivity contribution < 1.29 is 19.1 Å². The number of fused-ring (bicyclic) bond motifs is 1. The Kier molecular flexibility index (Phi) is 3.26. The van der Waals surface area contributed by atoms with E-state index in [1.54, 1.807) is 19.1 Å². The predicted molar refractivity (Wildman–Crippen MR) is 56.0 cm³/mol. The van der Waals surface area contributed by atoms with Crippen LogP contribution in [0.2, 0.25) is 0 Å². The van der Waals surface area contributed by atoms with Gasteiger partial charge >= 0.3 is 0 Å². The van der Waals surface area contributed by atoms with Crippen LogP contribution in [-0.4, -0.2) is 19.3 Å². The van der Waals surface area contributed by atoms with E-state index in [9.17, 15) is 4.79 Å². The van der Waals surface area contributed by atoms with Crippen molar-refractivity contribution in [2.24, 2.45) is 0 Å². The van der Waals surface area contributed by atoms with Crippen LogP contribution in [0.25, 0.3) is 0 Å². The molecule has 5 heteroatoms. The summed E-state index contributed by atoms with van der Waals surface area (Å²) < 4.78 is 10.4. The highest BCUT2D eigenvalue weighted by atomic mass is 16.7. The second-order valence-corrected chi connectivity index (χ2v) is 3.32. The fourth-order valence-electron chi connectivity index (χ4n) is 1.43. The van der Waals surface area contributed by atoms with Gasteiger partial charge in [0, 0.05) is 0 Å². The van der Waals surface area contributed by atoms with Crippen LogP contribution in [0, 0.1) is 0 Å².